The van der Waals surface area contributed by atoms with Gasteiger partial charge >= 0.3 is 0 Å². The van der Waals surface area contributed by atoms with Crippen LogP contribution in [0.25, 0.3) is 0 Å². The smallest absolute Gasteiger partial charge is 0.219 e. The van der Waals surface area contributed by atoms with Gasteiger partial charge in [0, 0.05) is 12.0 Å². The summed E-state index contributed by atoms with van der Waals surface area (Å²) >= 11 is 0. The summed E-state index contributed by atoms with van der Waals surface area (Å²) in [6.07, 6.45) is 1.79. The van der Waals surface area contributed by atoms with Gasteiger partial charge in [0.25, 0.3) is 0 Å². The zero-order chi connectivity index (χ0) is 12.2. The molecule has 0 aliphatic heterocycles. The second kappa shape index (κ2) is 4.62. The van der Waals surface area contributed by atoms with E-state index in [2.05, 4.69) is 10.3 Å². The molecule has 0 spiro atoms. The molecule has 16 heavy (non-hydrogen) atoms. The maximum Gasteiger partial charge on any atom is 0.219 e. The number of nitrogens with two attached hydrogens (primary N) is 1. The van der Waals surface area contributed by atoms with E-state index in [4.69, 9.17) is 11.0 Å². The Hall–Kier alpha value is -2.09. The van der Waals surface area contributed by atoms with Crippen LogP contribution in [0.4, 0.5) is 5.69 Å². The van der Waals surface area contributed by atoms with E-state index in [1.165, 1.54) is 0 Å². The monoisotopic (exact) mass is 218 g/mol. The molecule has 0 unspecified atom stereocenters. The third kappa shape index (κ3) is 3.58. The van der Waals surface area contributed by atoms with Gasteiger partial charge in [0.05, 0.1) is 11.9 Å². The molecule has 0 bridgehead atoms. The number of aromatic nitrogens is 1. The van der Waals surface area contributed by atoms with Gasteiger partial charge in [0.1, 0.15) is 11.8 Å². The van der Waals surface area contributed by atoms with E-state index in [0.717, 1.165) is 5.69 Å². The molecule has 0 aromatic carbocycles. The number of hydrogen-bond acceptors (Lipinski definition) is 4. The predicted molar refractivity (Wildman–Crippen MR) is 60.5 cm³/mol. The number of nitriles is 1. The van der Waals surface area contributed by atoms with Crippen LogP contribution in [0.1, 0.15) is 26.0 Å². The van der Waals surface area contributed by atoms with Gasteiger partial charge < -0.3 is 11.1 Å². The number of anilines is 1. The number of amides is 1. The van der Waals surface area contributed by atoms with Crippen molar-refractivity contribution in [1.29, 1.82) is 5.26 Å². The number of nitrogens with one attached hydrogen (secondary N) is 1. The molecule has 0 fully saturated rings. The van der Waals surface area contributed by atoms with Gasteiger partial charge in [-0.25, -0.2) is 4.98 Å². The summed E-state index contributed by atoms with van der Waals surface area (Å²) < 4.78 is 0. The molecule has 84 valence electrons. The van der Waals surface area contributed by atoms with Gasteiger partial charge in [-0.1, -0.05) is 0 Å². The number of carbonyl (C=O) groups is 1. The van der Waals surface area contributed by atoms with Crippen LogP contribution in [-0.4, -0.2) is 16.4 Å². The molecule has 5 nitrogen and oxygen atoms in total. The molecule has 1 rings (SSSR count). The topological polar surface area (TPSA) is 91.8 Å². The molecule has 0 radical (unpaired) electrons. The Kier molecular flexibility index (Phi) is 3.46. The first-order valence-electron chi connectivity index (χ1n) is 4.85. The van der Waals surface area contributed by atoms with Crippen LogP contribution in [0.3, 0.4) is 0 Å². The van der Waals surface area contributed by atoms with Gasteiger partial charge in [0.2, 0.25) is 5.91 Å². The third-order valence-corrected chi connectivity index (χ3v) is 1.98. The minimum Gasteiger partial charge on any atom is -0.378 e. The van der Waals surface area contributed by atoms with Crippen LogP contribution in [0, 0.1) is 11.3 Å². The van der Waals surface area contributed by atoms with E-state index in [9.17, 15) is 4.79 Å². The van der Waals surface area contributed by atoms with Gasteiger partial charge in [-0.3, -0.25) is 4.79 Å². The molecule has 0 aliphatic carbocycles. The zero-order valence-electron chi connectivity index (χ0n) is 9.32. The van der Waals surface area contributed by atoms with Crippen LogP contribution < -0.4 is 11.1 Å². The number of rotatable bonds is 4. The van der Waals surface area contributed by atoms with Crippen molar-refractivity contribution in [2.75, 3.05) is 5.32 Å². The van der Waals surface area contributed by atoms with Gasteiger partial charge in [-0.05, 0) is 26.0 Å². The van der Waals surface area contributed by atoms with Crippen molar-refractivity contribution in [3.05, 3.63) is 24.0 Å². The van der Waals surface area contributed by atoms with Gasteiger partial charge in [0.15, 0.2) is 0 Å². The van der Waals surface area contributed by atoms with E-state index in [0.29, 0.717) is 5.69 Å². The Morgan fingerprint density at radius 2 is 2.31 bits per heavy atom. The highest BCUT2D eigenvalue weighted by Gasteiger charge is 2.20. The fraction of sp³-hybridized carbons (Fsp3) is 0.364. The van der Waals surface area contributed by atoms with E-state index < -0.39 is 5.54 Å². The van der Waals surface area contributed by atoms with Gasteiger partial charge in [-0.2, -0.15) is 5.26 Å². The molecule has 5 heteroatoms. The van der Waals surface area contributed by atoms with Crippen molar-refractivity contribution >= 4 is 11.6 Å². The number of pyridine rings is 1. The Morgan fingerprint density at radius 3 is 2.75 bits per heavy atom. The lowest BCUT2D eigenvalue weighted by Gasteiger charge is -2.25. The van der Waals surface area contributed by atoms with Crippen molar-refractivity contribution in [3.8, 4) is 6.07 Å². The maximum absolute atomic E-state index is 10.8. The van der Waals surface area contributed by atoms with E-state index in [-0.39, 0.29) is 12.3 Å². The number of carbonyl (C=O) groups excluding carboxylic acids is 1. The normalized spacial score (nSPS) is 10.6. The highest BCUT2D eigenvalue weighted by Crippen LogP contribution is 2.17. The lowest BCUT2D eigenvalue weighted by molar-refractivity contribution is -0.118. The average molecular weight is 218 g/mol. The van der Waals surface area contributed by atoms with Crippen LogP contribution >= 0.6 is 0 Å². The quantitative estimate of drug-likeness (QED) is 0.789. The fourth-order valence-corrected chi connectivity index (χ4v) is 1.40. The van der Waals surface area contributed by atoms with Gasteiger partial charge in [-0.15, -0.1) is 0 Å². The van der Waals surface area contributed by atoms with Crippen molar-refractivity contribution in [2.24, 2.45) is 5.73 Å². The Morgan fingerprint density at radius 1 is 1.62 bits per heavy atom. The molecule has 1 aromatic rings. The first-order chi connectivity index (χ1) is 7.43. The molecule has 0 atom stereocenters. The first-order valence-corrected chi connectivity index (χ1v) is 4.85. The third-order valence-electron chi connectivity index (χ3n) is 1.98. The fourth-order valence-electron chi connectivity index (χ4n) is 1.40. The number of nitrogens with zero attached hydrogens (tertiary/aromatic N) is 2. The predicted octanol–water partition coefficient (Wildman–Crippen LogP) is 1.02. The van der Waals surface area contributed by atoms with Crippen molar-refractivity contribution in [3.63, 3.8) is 0 Å². The SMILES string of the molecule is CC(C)(CC(N)=O)Nc1ccc(C#N)nc1. The van der Waals surface area contributed by atoms with Crippen molar-refractivity contribution in [2.45, 2.75) is 25.8 Å². The molecule has 0 saturated carbocycles. The van der Waals surface area contributed by atoms with Crippen LogP contribution in [-0.2, 0) is 4.79 Å². The largest absolute Gasteiger partial charge is 0.378 e. The second-order valence-corrected chi connectivity index (χ2v) is 4.20. The highest BCUT2D eigenvalue weighted by atomic mass is 16.1. The minimum absolute atomic E-state index is 0.229. The molecular formula is C11H14N4O. The maximum atomic E-state index is 10.8. The van der Waals surface area contributed by atoms with Crippen LogP contribution in [0.15, 0.2) is 18.3 Å². The first kappa shape index (κ1) is 12.0. The number of hydrogen-bond donors (Lipinski definition) is 2. The van der Waals surface area contributed by atoms with E-state index in [1.54, 1.807) is 18.3 Å². The van der Waals surface area contributed by atoms with Crippen molar-refractivity contribution < 1.29 is 4.79 Å². The molecule has 0 saturated heterocycles. The lowest BCUT2D eigenvalue weighted by Crippen LogP contribution is -2.36. The van der Waals surface area contributed by atoms with Crippen LogP contribution in [0.2, 0.25) is 0 Å². The molecule has 1 heterocycles. The summed E-state index contributed by atoms with van der Waals surface area (Å²) in [5, 5.41) is 11.7. The Bertz CT molecular complexity index is 417. The summed E-state index contributed by atoms with van der Waals surface area (Å²) in [7, 11) is 0. The minimum atomic E-state index is -0.429. The summed E-state index contributed by atoms with van der Waals surface area (Å²) in [5.74, 6) is -0.362. The second-order valence-electron chi connectivity index (χ2n) is 4.20. The van der Waals surface area contributed by atoms with E-state index >= 15 is 0 Å². The zero-order valence-corrected chi connectivity index (χ0v) is 9.32. The molecule has 3 N–H and O–H groups in total. The summed E-state index contributed by atoms with van der Waals surface area (Å²) in [6.45, 7) is 3.74. The van der Waals surface area contributed by atoms with Crippen molar-refractivity contribution in [1.82, 2.24) is 4.98 Å². The summed E-state index contributed by atoms with van der Waals surface area (Å²) in [5.41, 5.74) is 5.83. The molecule has 1 aromatic heterocycles. The lowest BCUT2D eigenvalue weighted by atomic mass is 10.00. The van der Waals surface area contributed by atoms with E-state index in [1.807, 2.05) is 19.9 Å². The summed E-state index contributed by atoms with van der Waals surface area (Å²) in [6, 6.07) is 5.29. The number of primary amides is 1. The average Bonchev–Trinajstić information content (AvgIpc) is 2.16. The molecular weight excluding hydrogens is 204 g/mol. The highest BCUT2D eigenvalue weighted by molar-refractivity contribution is 5.75. The molecule has 1 amide bonds. The molecule has 0 aliphatic rings. The standard InChI is InChI=1S/C11H14N4O/c1-11(2,5-10(13)16)15-9-4-3-8(6-12)14-7-9/h3-4,7,15H,5H2,1-2H3,(H2,13,16). The van der Waals surface area contributed by atoms with Crippen LogP contribution in [0.5, 0.6) is 0 Å². The Balaban J connectivity index is 2.72. The summed E-state index contributed by atoms with van der Waals surface area (Å²) in [4.78, 5) is 14.7. The Labute approximate surface area is 94.3 Å².